The van der Waals surface area contributed by atoms with E-state index in [-0.39, 0.29) is 6.42 Å². The lowest BCUT2D eigenvalue weighted by Crippen LogP contribution is -2.08. The molecular formula is C13H15F3N4. The molecule has 0 aliphatic heterocycles. The van der Waals surface area contributed by atoms with Gasteiger partial charge in [0.2, 0.25) is 0 Å². The Morgan fingerprint density at radius 2 is 1.95 bits per heavy atom. The standard InChI is InChI=1S/C13H15F3N4/c14-13(15,16)4-1-2-6-20-9-19-8-12(20)10-7-18-5-3-11(10)17/h3,5,7-9H,1-2,4,6H2,(H2,17,18). The second-order valence-corrected chi connectivity index (χ2v) is 4.51. The molecule has 2 heterocycles. The van der Waals surface area contributed by atoms with Gasteiger partial charge in [0.1, 0.15) is 0 Å². The summed E-state index contributed by atoms with van der Waals surface area (Å²) in [6, 6.07) is 1.68. The molecular weight excluding hydrogens is 269 g/mol. The molecule has 2 N–H and O–H groups in total. The number of aryl methyl sites for hydroxylation is 1. The molecule has 0 amide bonds. The lowest BCUT2D eigenvalue weighted by atomic mass is 10.2. The van der Waals surface area contributed by atoms with Crippen molar-refractivity contribution in [2.75, 3.05) is 5.73 Å². The molecule has 2 aromatic heterocycles. The summed E-state index contributed by atoms with van der Waals surface area (Å²) in [5, 5.41) is 0. The quantitative estimate of drug-likeness (QED) is 0.857. The SMILES string of the molecule is Nc1ccncc1-c1cncn1CCCCC(F)(F)F. The van der Waals surface area contributed by atoms with Gasteiger partial charge in [-0.2, -0.15) is 13.2 Å². The minimum atomic E-state index is -4.09. The van der Waals surface area contributed by atoms with E-state index in [2.05, 4.69) is 9.97 Å². The highest BCUT2D eigenvalue weighted by atomic mass is 19.4. The van der Waals surface area contributed by atoms with Gasteiger partial charge in [0, 0.05) is 36.6 Å². The maximum Gasteiger partial charge on any atom is 0.389 e. The van der Waals surface area contributed by atoms with Crippen molar-refractivity contribution in [1.29, 1.82) is 0 Å². The van der Waals surface area contributed by atoms with E-state index in [1.54, 1.807) is 35.6 Å². The van der Waals surface area contributed by atoms with Crippen molar-refractivity contribution in [2.45, 2.75) is 32.0 Å². The molecule has 2 rings (SSSR count). The molecule has 2 aromatic rings. The Hall–Kier alpha value is -2.05. The van der Waals surface area contributed by atoms with Gasteiger partial charge in [0.25, 0.3) is 0 Å². The van der Waals surface area contributed by atoms with Crippen LogP contribution in [0.3, 0.4) is 0 Å². The van der Waals surface area contributed by atoms with Gasteiger partial charge in [-0.15, -0.1) is 0 Å². The smallest absolute Gasteiger partial charge is 0.389 e. The monoisotopic (exact) mass is 284 g/mol. The molecule has 0 saturated heterocycles. The number of pyridine rings is 1. The Bertz CT molecular complexity index is 563. The van der Waals surface area contributed by atoms with Gasteiger partial charge in [-0.25, -0.2) is 4.98 Å². The number of anilines is 1. The van der Waals surface area contributed by atoms with E-state index < -0.39 is 12.6 Å². The normalized spacial score (nSPS) is 11.8. The molecule has 0 atom stereocenters. The fraction of sp³-hybridized carbons (Fsp3) is 0.385. The summed E-state index contributed by atoms with van der Waals surface area (Å²) < 4.78 is 38.0. The van der Waals surface area contributed by atoms with Crippen molar-refractivity contribution >= 4 is 5.69 Å². The Morgan fingerprint density at radius 3 is 2.65 bits per heavy atom. The molecule has 0 saturated carbocycles. The zero-order chi connectivity index (χ0) is 14.6. The Labute approximate surface area is 114 Å². The Balaban J connectivity index is 2.01. The molecule has 0 aromatic carbocycles. The van der Waals surface area contributed by atoms with Crippen LogP contribution in [0.15, 0.2) is 31.0 Å². The highest BCUT2D eigenvalue weighted by Gasteiger charge is 2.25. The average molecular weight is 284 g/mol. The second kappa shape index (κ2) is 5.94. The van der Waals surface area contributed by atoms with Gasteiger partial charge in [-0.05, 0) is 18.9 Å². The maximum absolute atomic E-state index is 12.1. The van der Waals surface area contributed by atoms with Crippen LogP contribution in [0.5, 0.6) is 0 Å². The molecule has 0 aliphatic carbocycles. The number of hydrogen-bond acceptors (Lipinski definition) is 3. The number of nitrogen functional groups attached to an aromatic ring is 1. The van der Waals surface area contributed by atoms with E-state index in [0.29, 0.717) is 18.7 Å². The van der Waals surface area contributed by atoms with Crippen molar-refractivity contribution in [3.05, 3.63) is 31.0 Å². The minimum Gasteiger partial charge on any atom is -0.398 e. The van der Waals surface area contributed by atoms with Gasteiger partial charge >= 0.3 is 6.18 Å². The summed E-state index contributed by atoms with van der Waals surface area (Å²) in [4.78, 5) is 8.03. The first-order valence-electron chi connectivity index (χ1n) is 6.24. The Morgan fingerprint density at radius 1 is 1.15 bits per heavy atom. The highest BCUT2D eigenvalue weighted by molar-refractivity contribution is 5.72. The Kier molecular flexibility index (Phi) is 4.26. The summed E-state index contributed by atoms with van der Waals surface area (Å²) in [5.74, 6) is 0. The summed E-state index contributed by atoms with van der Waals surface area (Å²) >= 11 is 0. The van der Waals surface area contributed by atoms with Crippen LogP contribution >= 0.6 is 0 Å². The number of hydrogen-bond donors (Lipinski definition) is 1. The molecule has 0 unspecified atom stereocenters. The van der Waals surface area contributed by atoms with Crippen molar-refractivity contribution in [2.24, 2.45) is 0 Å². The molecule has 0 bridgehead atoms. The van der Waals surface area contributed by atoms with Crippen LogP contribution < -0.4 is 5.73 Å². The zero-order valence-electron chi connectivity index (χ0n) is 10.8. The molecule has 0 aliphatic rings. The number of nitrogens with two attached hydrogens (primary N) is 1. The summed E-state index contributed by atoms with van der Waals surface area (Å²) in [5.41, 5.74) is 7.93. The highest BCUT2D eigenvalue weighted by Crippen LogP contribution is 2.25. The van der Waals surface area contributed by atoms with Crippen molar-refractivity contribution in [3.63, 3.8) is 0 Å². The van der Waals surface area contributed by atoms with Crippen molar-refractivity contribution < 1.29 is 13.2 Å². The minimum absolute atomic E-state index is 0.101. The largest absolute Gasteiger partial charge is 0.398 e. The molecule has 20 heavy (non-hydrogen) atoms. The van der Waals surface area contributed by atoms with Gasteiger partial charge in [-0.1, -0.05) is 0 Å². The van der Waals surface area contributed by atoms with Crippen LogP contribution in [0.1, 0.15) is 19.3 Å². The third kappa shape index (κ3) is 3.72. The molecule has 7 heteroatoms. The van der Waals surface area contributed by atoms with Crippen LogP contribution in [-0.4, -0.2) is 20.7 Å². The van der Waals surface area contributed by atoms with Crippen molar-refractivity contribution in [1.82, 2.24) is 14.5 Å². The van der Waals surface area contributed by atoms with E-state index in [1.165, 1.54) is 0 Å². The van der Waals surface area contributed by atoms with Crippen LogP contribution in [0.25, 0.3) is 11.3 Å². The number of nitrogens with zero attached hydrogens (tertiary/aromatic N) is 3. The van der Waals surface area contributed by atoms with Crippen LogP contribution in [0, 0.1) is 0 Å². The number of alkyl halides is 3. The van der Waals surface area contributed by atoms with Crippen LogP contribution in [0.4, 0.5) is 18.9 Å². The lowest BCUT2D eigenvalue weighted by Gasteiger charge is -2.10. The van der Waals surface area contributed by atoms with Crippen molar-refractivity contribution in [3.8, 4) is 11.3 Å². The fourth-order valence-electron chi connectivity index (χ4n) is 1.95. The lowest BCUT2D eigenvalue weighted by molar-refractivity contribution is -0.135. The maximum atomic E-state index is 12.1. The van der Waals surface area contributed by atoms with E-state index in [1.807, 2.05) is 0 Å². The number of imidazole rings is 1. The van der Waals surface area contributed by atoms with Gasteiger partial charge in [0.05, 0.1) is 18.2 Å². The summed E-state index contributed by atoms with van der Waals surface area (Å²) in [7, 11) is 0. The van der Waals surface area contributed by atoms with E-state index in [9.17, 15) is 13.2 Å². The molecule has 108 valence electrons. The predicted molar refractivity (Wildman–Crippen MR) is 69.8 cm³/mol. The third-order valence-corrected chi connectivity index (χ3v) is 2.95. The molecule has 0 radical (unpaired) electrons. The van der Waals surface area contributed by atoms with E-state index in [4.69, 9.17) is 5.73 Å². The zero-order valence-corrected chi connectivity index (χ0v) is 10.8. The second-order valence-electron chi connectivity index (χ2n) is 4.51. The summed E-state index contributed by atoms with van der Waals surface area (Å²) in [6.45, 7) is 0.472. The molecule has 0 spiro atoms. The first kappa shape index (κ1) is 14.4. The van der Waals surface area contributed by atoms with Gasteiger partial charge in [0.15, 0.2) is 0 Å². The van der Waals surface area contributed by atoms with Crippen LogP contribution in [-0.2, 0) is 6.54 Å². The molecule has 4 nitrogen and oxygen atoms in total. The average Bonchev–Trinajstić information content (AvgIpc) is 2.82. The van der Waals surface area contributed by atoms with Gasteiger partial charge in [-0.3, -0.25) is 4.98 Å². The molecule has 0 fully saturated rings. The number of aromatic nitrogens is 3. The van der Waals surface area contributed by atoms with Crippen LogP contribution in [0.2, 0.25) is 0 Å². The van der Waals surface area contributed by atoms with Gasteiger partial charge < -0.3 is 10.3 Å². The van der Waals surface area contributed by atoms with E-state index >= 15 is 0 Å². The number of halogens is 3. The predicted octanol–water partition coefficient (Wildman–Crippen LogP) is 3.26. The first-order valence-corrected chi connectivity index (χ1v) is 6.24. The summed E-state index contributed by atoms with van der Waals surface area (Å²) in [6.07, 6.45) is 2.12. The first-order chi connectivity index (χ1) is 9.47. The van der Waals surface area contributed by atoms with E-state index in [0.717, 1.165) is 11.3 Å². The third-order valence-electron chi connectivity index (χ3n) is 2.95. The number of unbranched alkanes of at least 4 members (excludes halogenated alkanes) is 1. The number of rotatable bonds is 5. The fourth-order valence-corrected chi connectivity index (χ4v) is 1.95. The topological polar surface area (TPSA) is 56.7 Å².